The summed E-state index contributed by atoms with van der Waals surface area (Å²) in [6, 6.07) is -8.47. The van der Waals surface area contributed by atoms with Crippen LogP contribution in [0.5, 0.6) is 0 Å². The van der Waals surface area contributed by atoms with Crippen LogP contribution in [0, 0.1) is 11.8 Å². The molecule has 0 fully saturated rings. The molecule has 13 atom stereocenters. The fourth-order valence-corrected chi connectivity index (χ4v) is 10.7. The number of hydrogen-bond acceptors (Lipinski definition) is 21. The van der Waals surface area contributed by atoms with E-state index >= 15 is 0 Å². The predicted octanol–water partition coefficient (Wildman–Crippen LogP) is -6.12. The number of benzene rings is 1. The summed E-state index contributed by atoms with van der Waals surface area (Å²) < 4.78 is 0. The van der Waals surface area contributed by atoms with Crippen molar-refractivity contribution in [1.29, 1.82) is 0 Å². The Morgan fingerprint density at radius 3 is 1.45 bits per heavy atom. The molecule has 2 aromatic heterocycles. The number of aliphatic imine (C=N–C) groups is 1. The highest BCUT2D eigenvalue weighted by Crippen LogP contribution is 2.15. The third-order valence-electron chi connectivity index (χ3n) is 15.8. The minimum absolute atomic E-state index is 0.0116. The number of carbonyl (C=O) groups is 16. The molecular formula is C64H95N19O20S. The van der Waals surface area contributed by atoms with E-state index in [-0.39, 0.29) is 56.9 Å². The van der Waals surface area contributed by atoms with E-state index in [1.165, 1.54) is 12.5 Å². The molecule has 13 amide bonds. The van der Waals surface area contributed by atoms with Gasteiger partial charge in [-0.25, -0.2) is 4.98 Å². The first-order chi connectivity index (χ1) is 49.0. The lowest BCUT2D eigenvalue weighted by Gasteiger charge is -2.28. The van der Waals surface area contributed by atoms with Gasteiger partial charge in [-0.05, 0) is 67.9 Å². The number of nitrogens with two attached hydrogens (primary N) is 5. The number of primary amides is 2. The van der Waals surface area contributed by atoms with Crippen molar-refractivity contribution >= 4 is 112 Å². The first-order valence-electron chi connectivity index (χ1n) is 33.0. The summed E-state index contributed by atoms with van der Waals surface area (Å²) in [5, 5.41) is 66.9. The van der Waals surface area contributed by atoms with Gasteiger partial charge in [0.05, 0.1) is 31.8 Å². The Hall–Kier alpha value is -11.2. The van der Waals surface area contributed by atoms with Crippen molar-refractivity contribution in [2.45, 2.75) is 191 Å². The number of aromatic nitrogens is 2. The number of H-pyrrole nitrogens is 1. The molecule has 2 heterocycles. The molecule has 39 nitrogen and oxygen atoms in total. The number of rotatable bonds is 48. The Bertz CT molecular complexity index is 3470. The second-order valence-electron chi connectivity index (χ2n) is 24.8. The number of thiophene rings is 1. The van der Waals surface area contributed by atoms with Gasteiger partial charge < -0.3 is 113 Å². The lowest BCUT2D eigenvalue weighted by atomic mass is 9.99. The van der Waals surface area contributed by atoms with Gasteiger partial charge >= 0.3 is 17.9 Å². The zero-order chi connectivity index (χ0) is 77.9. The summed E-state index contributed by atoms with van der Waals surface area (Å²) in [5.74, 6) is -20.0. The largest absolute Gasteiger partial charge is 0.481 e. The van der Waals surface area contributed by atoms with Crippen LogP contribution in [-0.4, -0.2) is 217 Å². The molecule has 0 bridgehead atoms. The van der Waals surface area contributed by atoms with Gasteiger partial charge in [-0.1, -0.05) is 70.5 Å². The minimum atomic E-state index is -2.05. The molecule has 0 aliphatic heterocycles. The van der Waals surface area contributed by atoms with Crippen LogP contribution in [0.25, 0.3) is 0 Å². The van der Waals surface area contributed by atoms with Gasteiger partial charge in [-0.2, -0.15) is 0 Å². The highest BCUT2D eigenvalue weighted by molar-refractivity contribution is 7.09. The van der Waals surface area contributed by atoms with Crippen molar-refractivity contribution in [2.24, 2.45) is 45.5 Å². The van der Waals surface area contributed by atoms with Gasteiger partial charge in [0.25, 0.3) is 0 Å². The second-order valence-corrected chi connectivity index (χ2v) is 25.8. The summed E-state index contributed by atoms with van der Waals surface area (Å²) in [6.45, 7) is 6.70. The van der Waals surface area contributed by atoms with Crippen LogP contribution >= 0.6 is 11.3 Å². The first kappa shape index (κ1) is 87.1. The van der Waals surface area contributed by atoms with Crippen LogP contribution in [0.15, 0.2) is 65.4 Å². The maximum absolute atomic E-state index is 14.4. The van der Waals surface area contributed by atoms with Gasteiger partial charge in [0, 0.05) is 55.4 Å². The fourth-order valence-electron chi connectivity index (χ4n) is 9.91. The molecule has 0 saturated heterocycles. The molecule has 3 rings (SSSR count). The van der Waals surface area contributed by atoms with Gasteiger partial charge in [0.2, 0.25) is 76.8 Å². The van der Waals surface area contributed by atoms with Crippen molar-refractivity contribution < 1.29 is 97.1 Å². The molecule has 0 aliphatic rings. The number of carboxylic acids is 3. The zero-order valence-corrected chi connectivity index (χ0v) is 58.8. The Labute approximate surface area is 601 Å². The molecule has 572 valence electrons. The summed E-state index contributed by atoms with van der Waals surface area (Å²) in [6.07, 6.45) is -2.64. The lowest BCUT2D eigenvalue weighted by Crippen LogP contribution is -2.61. The van der Waals surface area contributed by atoms with E-state index in [0.717, 1.165) is 18.3 Å². The number of aliphatic hydroxyl groups excluding tert-OH is 1. The Balaban J connectivity index is 1.90. The van der Waals surface area contributed by atoms with Crippen LogP contribution in [0.4, 0.5) is 0 Å². The quantitative estimate of drug-likeness (QED) is 0.0142. The van der Waals surface area contributed by atoms with E-state index in [9.17, 15) is 97.1 Å². The molecule has 104 heavy (non-hydrogen) atoms. The third-order valence-corrected chi connectivity index (χ3v) is 16.7. The topological polar surface area (TPSA) is 658 Å². The van der Waals surface area contributed by atoms with Crippen molar-refractivity contribution in [3.8, 4) is 0 Å². The Morgan fingerprint density at radius 2 is 0.971 bits per heavy atom. The zero-order valence-electron chi connectivity index (χ0n) is 58.0. The number of aromatic amines is 1. The highest BCUT2D eigenvalue weighted by atomic mass is 32.1. The molecule has 0 unspecified atom stereocenters. The summed E-state index contributed by atoms with van der Waals surface area (Å²) in [4.78, 5) is 226. The first-order valence-corrected chi connectivity index (χ1v) is 33.9. The van der Waals surface area contributed by atoms with E-state index in [4.69, 9.17) is 28.7 Å². The number of aliphatic hydroxyl groups is 1. The molecule has 40 heteroatoms. The second kappa shape index (κ2) is 44.3. The predicted molar refractivity (Wildman–Crippen MR) is 370 cm³/mol. The molecule has 0 spiro atoms. The molecule has 0 aliphatic carbocycles. The van der Waals surface area contributed by atoms with Crippen LogP contribution in [-0.2, 0) is 96.0 Å². The highest BCUT2D eigenvalue weighted by Gasteiger charge is 2.38. The number of nitrogens with one attached hydrogen (secondary N) is 12. The average molecular weight is 1480 g/mol. The molecule has 1 aromatic carbocycles. The number of nitrogens with zero attached hydrogens (tertiary/aromatic N) is 2. The van der Waals surface area contributed by atoms with E-state index in [0.29, 0.717) is 22.6 Å². The normalized spacial score (nSPS) is 14.8. The molecule has 0 radical (unpaired) electrons. The maximum Gasteiger partial charge on any atom is 0.305 e. The SMILES string of the molecule is CC[C@H](C)[C@H](N)C(=O)N[C@@H](CO)C(=O)N[C@@H](CCC(=O)O)C(=O)N[C@@H](Cc1cccs1)C(=O)N[C@@H](CC(N)=O)C(=O)N[C@@H](CC(C)C)C(=O)N[C@@H](CC(=O)O)C(=O)N[C@@H](C)C(=O)N[C@@H](CCC(=O)O)C(=O)N[C@@H](Cc1ccccc1)C(=O)N[C@@H](CCCN=C(N)N)C(=O)N[C@@H](Cc1cnc[nH]1)C(N)=O. The Morgan fingerprint density at radius 1 is 0.510 bits per heavy atom. The number of imidazole rings is 1. The Kier molecular flexibility index (Phi) is 37.1. The average Bonchev–Trinajstić information content (AvgIpc) is 0.879. The smallest absolute Gasteiger partial charge is 0.305 e. The van der Waals surface area contributed by atoms with Crippen LogP contribution in [0.1, 0.15) is 115 Å². The molecule has 3 aromatic rings. The number of guanidine groups is 1. The standard InChI is InChI=1S/C64H95N19O20S/c1-6-32(4)51(66)63(103)83-46(29-84)62(102)76-39(17-19-49(88)89)56(96)80-43(25-36-14-11-21-104-36)60(100)81-44(26-47(65)85)61(101)78-41(22-31(2)3)58(98)82-45(27-50(90)91)57(97)73-33(5)53(93)74-38(16-18-48(86)87)55(95)79-42(23-34-12-8-7-9-13-34)59(99)75-37(15-10-20-71-64(68)69)54(94)77-40(52(67)92)24-35-28-70-30-72-35/h7-9,11-14,21,28,30-33,37-46,51,84H,6,10,15-20,22-27,29,66H2,1-5H3,(H2,65,85)(H2,67,92)(H,70,72)(H,73,97)(H,74,93)(H,75,99)(H,76,102)(H,77,94)(H,78,101)(H,79,95)(H,80,96)(H,81,100)(H,82,98)(H,83,103)(H,86,87)(H,88,89)(H,90,91)(H4,68,69,71)/t32-,33-,37-,38-,39-,40-,41-,42-,43-,44-,45-,46-,51-/m0/s1. The van der Waals surface area contributed by atoms with E-state index in [1.54, 1.807) is 75.5 Å². The molecular weight excluding hydrogens is 1390 g/mol. The monoisotopic (exact) mass is 1480 g/mol. The number of hydrogen-bond donors (Lipinski definition) is 21. The van der Waals surface area contributed by atoms with Crippen molar-refractivity contribution in [3.63, 3.8) is 0 Å². The summed E-state index contributed by atoms with van der Waals surface area (Å²) in [7, 11) is 0. The van der Waals surface area contributed by atoms with E-state index < -0.39 is 218 Å². The van der Waals surface area contributed by atoms with Crippen LogP contribution < -0.4 is 87.2 Å². The molecule has 26 N–H and O–H groups in total. The van der Waals surface area contributed by atoms with Crippen molar-refractivity contribution in [2.75, 3.05) is 13.2 Å². The number of carboxylic acid groups (broad SMARTS) is 3. The lowest BCUT2D eigenvalue weighted by molar-refractivity contribution is -0.142. The van der Waals surface area contributed by atoms with Gasteiger partial charge in [0.15, 0.2) is 5.96 Å². The van der Waals surface area contributed by atoms with Crippen LogP contribution in [0.3, 0.4) is 0 Å². The van der Waals surface area contributed by atoms with Gasteiger partial charge in [-0.15, -0.1) is 11.3 Å². The maximum atomic E-state index is 14.4. The number of amides is 13. The number of carbonyl (C=O) groups excluding carboxylic acids is 13. The van der Waals surface area contributed by atoms with Gasteiger partial charge in [-0.3, -0.25) is 81.7 Å². The van der Waals surface area contributed by atoms with Crippen molar-refractivity contribution in [1.82, 2.24) is 68.5 Å². The minimum Gasteiger partial charge on any atom is -0.481 e. The van der Waals surface area contributed by atoms with E-state index in [1.807, 2.05) is 0 Å². The summed E-state index contributed by atoms with van der Waals surface area (Å²) in [5.41, 5.74) is 29.0. The van der Waals surface area contributed by atoms with E-state index in [2.05, 4.69) is 73.4 Å². The van der Waals surface area contributed by atoms with Gasteiger partial charge in [0.1, 0.15) is 66.5 Å². The summed E-state index contributed by atoms with van der Waals surface area (Å²) >= 11 is 1.12. The van der Waals surface area contributed by atoms with Crippen LogP contribution in [0.2, 0.25) is 0 Å². The third kappa shape index (κ3) is 31.8. The fraction of sp³-hybridized carbons (Fsp3) is 0.531. The van der Waals surface area contributed by atoms with Crippen molar-refractivity contribution in [3.05, 3.63) is 76.5 Å². The molecule has 0 saturated carbocycles. The number of aliphatic carboxylic acids is 3.